The van der Waals surface area contributed by atoms with Gasteiger partial charge in [-0.1, -0.05) is 12.2 Å². The molecule has 2 unspecified atom stereocenters. The van der Waals surface area contributed by atoms with Crippen LogP contribution in [0.5, 0.6) is 0 Å². The van der Waals surface area contributed by atoms with Crippen LogP contribution in [0.25, 0.3) is 0 Å². The predicted molar refractivity (Wildman–Crippen MR) is 68.3 cm³/mol. The van der Waals surface area contributed by atoms with Crippen molar-refractivity contribution >= 4 is 17.8 Å². The summed E-state index contributed by atoms with van der Waals surface area (Å²) in [6.45, 7) is 0.0268. The van der Waals surface area contributed by atoms with Gasteiger partial charge in [-0.25, -0.2) is 0 Å². The van der Waals surface area contributed by atoms with E-state index in [9.17, 15) is 24.6 Å². The van der Waals surface area contributed by atoms with Crippen LogP contribution >= 0.6 is 0 Å². The van der Waals surface area contributed by atoms with E-state index < -0.39 is 41.8 Å². The van der Waals surface area contributed by atoms with Crippen LogP contribution in [0.4, 0.5) is 0 Å². The summed E-state index contributed by atoms with van der Waals surface area (Å²) >= 11 is 0. The van der Waals surface area contributed by atoms with E-state index in [1.807, 2.05) is 0 Å². The third-order valence-electron chi connectivity index (χ3n) is 3.96. The van der Waals surface area contributed by atoms with E-state index in [4.69, 9.17) is 5.73 Å². The van der Waals surface area contributed by atoms with Gasteiger partial charge in [0.05, 0.1) is 17.9 Å². The second-order valence-electron chi connectivity index (χ2n) is 5.29. The van der Waals surface area contributed by atoms with Crippen LogP contribution in [0.15, 0.2) is 12.2 Å². The van der Waals surface area contributed by atoms with E-state index in [1.54, 1.807) is 12.2 Å². The lowest BCUT2D eigenvalue weighted by Gasteiger charge is -2.30. The molecule has 110 valence electrons. The van der Waals surface area contributed by atoms with Gasteiger partial charge in [0.1, 0.15) is 6.04 Å². The maximum absolute atomic E-state index is 12.5. The van der Waals surface area contributed by atoms with Crippen LogP contribution in [0.3, 0.4) is 0 Å². The van der Waals surface area contributed by atoms with E-state index in [2.05, 4.69) is 0 Å². The minimum absolute atomic E-state index is 0.0268. The SMILES string of the molecule is NC(=O)C1CC(O)CN1C(=O)[C@@H]1CC=CC[C@@H]1C(=O)O. The Morgan fingerprint density at radius 1 is 1.15 bits per heavy atom. The van der Waals surface area contributed by atoms with E-state index in [0.29, 0.717) is 12.8 Å². The van der Waals surface area contributed by atoms with Crippen LogP contribution in [0.2, 0.25) is 0 Å². The second-order valence-corrected chi connectivity index (χ2v) is 5.29. The number of allylic oxidation sites excluding steroid dienone is 2. The van der Waals surface area contributed by atoms with Gasteiger partial charge in [0.15, 0.2) is 0 Å². The number of nitrogens with two attached hydrogens (primary N) is 1. The van der Waals surface area contributed by atoms with Crippen LogP contribution in [0, 0.1) is 11.8 Å². The minimum Gasteiger partial charge on any atom is -0.481 e. The molecule has 1 saturated heterocycles. The number of hydrogen-bond donors (Lipinski definition) is 3. The number of rotatable bonds is 3. The van der Waals surface area contributed by atoms with E-state index in [-0.39, 0.29) is 13.0 Å². The zero-order valence-electron chi connectivity index (χ0n) is 10.9. The average molecular weight is 282 g/mol. The quantitative estimate of drug-likeness (QED) is 0.579. The molecule has 4 N–H and O–H groups in total. The lowest BCUT2D eigenvalue weighted by atomic mass is 9.82. The Bertz CT molecular complexity index is 462. The largest absolute Gasteiger partial charge is 0.481 e. The molecule has 0 saturated carbocycles. The third-order valence-corrected chi connectivity index (χ3v) is 3.96. The molecule has 0 bridgehead atoms. The van der Waals surface area contributed by atoms with Gasteiger partial charge in [-0.2, -0.15) is 0 Å². The van der Waals surface area contributed by atoms with Gasteiger partial charge in [-0.05, 0) is 12.8 Å². The van der Waals surface area contributed by atoms with Gasteiger partial charge in [0.25, 0.3) is 0 Å². The molecule has 0 aromatic carbocycles. The second kappa shape index (κ2) is 5.62. The molecule has 7 nitrogen and oxygen atoms in total. The van der Waals surface area contributed by atoms with Crippen molar-refractivity contribution < 1.29 is 24.6 Å². The number of likely N-dealkylation sites (tertiary alicyclic amines) is 1. The summed E-state index contributed by atoms with van der Waals surface area (Å²) < 4.78 is 0. The summed E-state index contributed by atoms with van der Waals surface area (Å²) in [4.78, 5) is 36.3. The monoisotopic (exact) mass is 282 g/mol. The number of primary amides is 1. The Kier molecular flexibility index (Phi) is 4.08. The van der Waals surface area contributed by atoms with Crippen molar-refractivity contribution in [2.75, 3.05) is 6.54 Å². The van der Waals surface area contributed by atoms with Crippen molar-refractivity contribution in [1.82, 2.24) is 4.90 Å². The number of aliphatic carboxylic acids is 1. The maximum atomic E-state index is 12.5. The number of carbonyl (C=O) groups excluding carboxylic acids is 2. The number of β-amino-alcohol motifs (C(OH)–C–C–N with tert-alkyl or cyclic N) is 1. The first-order chi connectivity index (χ1) is 9.41. The third kappa shape index (κ3) is 2.67. The van der Waals surface area contributed by atoms with Crippen molar-refractivity contribution in [2.45, 2.75) is 31.4 Å². The first-order valence-corrected chi connectivity index (χ1v) is 6.57. The highest BCUT2D eigenvalue weighted by Crippen LogP contribution is 2.30. The Labute approximate surface area is 116 Å². The molecule has 1 aliphatic heterocycles. The molecule has 0 spiro atoms. The molecular formula is C13H18N2O5. The first-order valence-electron chi connectivity index (χ1n) is 6.57. The molecule has 1 heterocycles. The van der Waals surface area contributed by atoms with Crippen molar-refractivity contribution in [3.8, 4) is 0 Å². The molecule has 4 atom stereocenters. The van der Waals surface area contributed by atoms with Crippen molar-refractivity contribution in [3.63, 3.8) is 0 Å². The number of nitrogens with zero attached hydrogens (tertiary/aromatic N) is 1. The first kappa shape index (κ1) is 14.5. The molecule has 2 aliphatic rings. The molecule has 20 heavy (non-hydrogen) atoms. The lowest BCUT2D eigenvalue weighted by Crippen LogP contribution is -2.48. The molecule has 0 radical (unpaired) electrons. The number of hydrogen-bond acceptors (Lipinski definition) is 4. The lowest BCUT2D eigenvalue weighted by molar-refractivity contribution is -0.151. The molecule has 0 aromatic rings. The van der Waals surface area contributed by atoms with Gasteiger partial charge < -0.3 is 20.8 Å². The van der Waals surface area contributed by atoms with Gasteiger partial charge in [-0.15, -0.1) is 0 Å². The number of carbonyl (C=O) groups is 3. The van der Waals surface area contributed by atoms with E-state index in [0.717, 1.165) is 0 Å². The Hall–Kier alpha value is -1.89. The van der Waals surface area contributed by atoms with Crippen LogP contribution in [-0.4, -0.2) is 51.6 Å². The van der Waals surface area contributed by atoms with Crippen LogP contribution in [-0.2, 0) is 14.4 Å². The number of carboxylic acids is 1. The predicted octanol–water partition coefficient (Wildman–Crippen LogP) is -0.899. The summed E-state index contributed by atoms with van der Waals surface area (Å²) in [7, 11) is 0. The fourth-order valence-corrected chi connectivity index (χ4v) is 2.90. The molecule has 7 heteroatoms. The molecule has 1 fully saturated rings. The molecular weight excluding hydrogens is 264 g/mol. The highest BCUT2D eigenvalue weighted by atomic mass is 16.4. The zero-order valence-corrected chi connectivity index (χ0v) is 10.9. The van der Waals surface area contributed by atoms with Crippen molar-refractivity contribution in [3.05, 3.63) is 12.2 Å². The van der Waals surface area contributed by atoms with Crippen molar-refractivity contribution in [1.29, 1.82) is 0 Å². The molecule has 0 aromatic heterocycles. The van der Waals surface area contributed by atoms with E-state index >= 15 is 0 Å². The molecule has 2 amide bonds. The number of aliphatic hydroxyl groups excluding tert-OH is 1. The minimum atomic E-state index is -1.02. The number of amides is 2. The normalized spacial score (nSPS) is 33.1. The summed E-state index contributed by atoms with van der Waals surface area (Å²) in [5, 5.41) is 18.8. The average Bonchev–Trinajstić information content (AvgIpc) is 2.80. The summed E-state index contributed by atoms with van der Waals surface area (Å²) in [5.74, 6) is -3.61. The van der Waals surface area contributed by atoms with Gasteiger partial charge >= 0.3 is 5.97 Å². The highest BCUT2D eigenvalue weighted by molar-refractivity contribution is 5.90. The number of aliphatic hydroxyl groups is 1. The summed E-state index contributed by atoms with van der Waals surface area (Å²) in [5.41, 5.74) is 5.24. The highest BCUT2D eigenvalue weighted by Gasteiger charge is 2.43. The topological polar surface area (TPSA) is 121 Å². The molecule has 2 rings (SSSR count). The fraction of sp³-hybridized carbons (Fsp3) is 0.615. The smallest absolute Gasteiger partial charge is 0.307 e. The molecule has 1 aliphatic carbocycles. The van der Waals surface area contributed by atoms with Crippen LogP contribution < -0.4 is 5.73 Å². The maximum Gasteiger partial charge on any atom is 0.307 e. The van der Waals surface area contributed by atoms with Crippen molar-refractivity contribution in [2.24, 2.45) is 17.6 Å². The van der Waals surface area contributed by atoms with Gasteiger partial charge in [0.2, 0.25) is 11.8 Å². The van der Waals surface area contributed by atoms with Crippen LogP contribution in [0.1, 0.15) is 19.3 Å². The Balaban J connectivity index is 2.19. The fourth-order valence-electron chi connectivity index (χ4n) is 2.90. The van der Waals surface area contributed by atoms with Gasteiger partial charge in [-0.3, -0.25) is 14.4 Å². The summed E-state index contributed by atoms with van der Waals surface area (Å²) in [6.07, 6.45) is 3.46. The zero-order chi connectivity index (χ0) is 14.9. The number of carboxylic acid groups (broad SMARTS) is 1. The van der Waals surface area contributed by atoms with E-state index in [1.165, 1.54) is 4.90 Å². The Morgan fingerprint density at radius 2 is 1.75 bits per heavy atom. The van der Waals surface area contributed by atoms with Gasteiger partial charge in [0, 0.05) is 13.0 Å². The standard InChI is InChI=1S/C13H18N2O5/c14-11(17)10-5-7(16)6-15(10)12(18)8-3-1-2-4-9(8)13(19)20/h1-2,7-10,16H,3-6H2,(H2,14,17)(H,19,20)/t7?,8-,9+,10?/m1/s1. The summed E-state index contributed by atoms with van der Waals surface area (Å²) in [6, 6.07) is -0.849. The Morgan fingerprint density at radius 3 is 2.30 bits per heavy atom.